The molecular weight excluding hydrogens is 244 g/mol. The van der Waals surface area contributed by atoms with Crippen molar-refractivity contribution in [2.24, 2.45) is 0 Å². The van der Waals surface area contributed by atoms with Crippen LogP contribution in [0.3, 0.4) is 0 Å². The molecule has 0 bridgehead atoms. The van der Waals surface area contributed by atoms with E-state index in [-0.39, 0.29) is 0 Å². The van der Waals surface area contributed by atoms with E-state index in [0.717, 1.165) is 29.4 Å². The number of rotatable bonds is 3. The summed E-state index contributed by atoms with van der Waals surface area (Å²) in [4.78, 5) is 10.6. The molecule has 1 aromatic rings. The summed E-state index contributed by atoms with van der Waals surface area (Å²) >= 11 is 3.34. The maximum Gasteiger partial charge on any atom is 0.150 e. The first-order valence-electron chi connectivity index (χ1n) is 4.70. The van der Waals surface area contributed by atoms with Gasteiger partial charge in [0.2, 0.25) is 0 Å². The zero-order valence-electron chi connectivity index (χ0n) is 7.70. The van der Waals surface area contributed by atoms with Crippen molar-refractivity contribution in [2.45, 2.75) is 25.4 Å². The van der Waals surface area contributed by atoms with E-state index in [4.69, 9.17) is 4.74 Å². The Labute approximate surface area is 91.4 Å². The van der Waals surface area contributed by atoms with Gasteiger partial charge in [-0.3, -0.25) is 4.79 Å². The normalized spacial score (nSPS) is 16.1. The smallest absolute Gasteiger partial charge is 0.150 e. The summed E-state index contributed by atoms with van der Waals surface area (Å²) in [5.41, 5.74) is 0.647. The minimum absolute atomic E-state index is 0.351. The largest absolute Gasteiger partial charge is 0.490 e. The Morgan fingerprint density at radius 1 is 1.36 bits per heavy atom. The molecule has 0 N–H and O–H groups in total. The van der Waals surface area contributed by atoms with E-state index in [1.807, 2.05) is 6.07 Å². The third-order valence-electron chi connectivity index (χ3n) is 2.38. The second kappa shape index (κ2) is 4.13. The Balaban J connectivity index is 2.14. The van der Waals surface area contributed by atoms with E-state index in [9.17, 15) is 4.79 Å². The molecular formula is C11H11BrO2. The van der Waals surface area contributed by atoms with Crippen LogP contribution in [0.15, 0.2) is 22.7 Å². The van der Waals surface area contributed by atoms with Crippen LogP contribution in [-0.4, -0.2) is 12.4 Å². The first-order valence-corrected chi connectivity index (χ1v) is 5.49. The van der Waals surface area contributed by atoms with E-state index < -0.39 is 0 Å². The van der Waals surface area contributed by atoms with Crippen LogP contribution < -0.4 is 4.74 Å². The predicted molar refractivity (Wildman–Crippen MR) is 57.8 cm³/mol. The first-order chi connectivity index (χ1) is 6.78. The molecule has 14 heavy (non-hydrogen) atoms. The molecule has 1 saturated carbocycles. The number of carbonyl (C=O) groups excluding carboxylic acids is 1. The highest BCUT2D eigenvalue weighted by Gasteiger charge is 2.19. The fourth-order valence-corrected chi connectivity index (χ4v) is 1.89. The number of carbonyl (C=O) groups is 1. The van der Waals surface area contributed by atoms with E-state index in [1.54, 1.807) is 12.1 Å². The van der Waals surface area contributed by atoms with Gasteiger partial charge in [-0.05, 0) is 37.5 Å². The second-order valence-corrected chi connectivity index (χ2v) is 4.42. The van der Waals surface area contributed by atoms with Gasteiger partial charge in [-0.1, -0.05) is 15.9 Å². The lowest BCUT2D eigenvalue weighted by Crippen LogP contribution is -2.24. The lowest BCUT2D eigenvalue weighted by atomic mass is 9.96. The minimum atomic E-state index is 0.351. The summed E-state index contributed by atoms with van der Waals surface area (Å²) in [5, 5.41) is 0. The van der Waals surface area contributed by atoms with E-state index in [0.29, 0.717) is 11.7 Å². The van der Waals surface area contributed by atoms with Crippen LogP contribution in [0, 0.1) is 0 Å². The van der Waals surface area contributed by atoms with Crippen LogP contribution in [-0.2, 0) is 0 Å². The Morgan fingerprint density at radius 2 is 2.14 bits per heavy atom. The predicted octanol–water partition coefficient (Wildman–Crippen LogP) is 3.19. The van der Waals surface area contributed by atoms with E-state index in [1.165, 1.54) is 6.42 Å². The van der Waals surface area contributed by atoms with E-state index >= 15 is 0 Å². The van der Waals surface area contributed by atoms with Crippen molar-refractivity contribution < 1.29 is 9.53 Å². The molecule has 2 rings (SSSR count). The van der Waals surface area contributed by atoms with Crippen LogP contribution in [0.2, 0.25) is 0 Å². The molecule has 1 fully saturated rings. The third-order valence-corrected chi connectivity index (χ3v) is 2.84. The van der Waals surface area contributed by atoms with Crippen LogP contribution in [0.5, 0.6) is 5.75 Å². The summed E-state index contributed by atoms with van der Waals surface area (Å²) < 4.78 is 6.57. The Morgan fingerprint density at radius 3 is 2.71 bits per heavy atom. The molecule has 0 aliphatic heterocycles. The van der Waals surface area contributed by atoms with Gasteiger partial charge in [0.05, 0.1) is 6.10 Å². The lowest BCUT2D eigenvalue weighted by Gasteiger charge is -2.26. The average Bonchev–Trinajstić information content (AvgIpc) is 2.10. The third kappa shape index (κ3) is 2.15. The minimum Gasteiger partial charge on any atom is -0.490 e. The average molecular weight is 255 g/mol. The number of benzene rings is 1. The highest BCUT2D eigenvalue weighted by atomic mass is 79.9. The van der Waals surface area contributed by atoms with Gasteiger partial charge >= 0.3 is 0 Å². The van der Waals surface area contributed by atoms with Crippen LogP contribution >= 0.6 is 15.9 Å². The highest BCUT2D eigenvalue weighted by molar-refractivity contribution is 9.10. The number of ether oxygens (including phenoxy) is 1. The van der Waals surface area contributed by atoms with Crippen molar-refractivity contribution in [1.82, 2.24) is 0 Å². The molecule has 0 heterocycles. The molecule has 0 atom stereocenters. The van der Waals surface area contributed by atoms with Crippen molar-refractivity contribution in [2.75, 3.05) is 0 Å². The summed E-state index contributed by atoms with van der Waals surface area (Å²) in [6, 6.07) is 5.45. The summed E-state index contributed by atoms with van der Waals surface area (Å²) in [6.45, 7) is 0. The Bertz CT molecular complexity index is 345. The molecule has 0 radical (unpaired) electrons. The number of halogens is 1. The maximum atomic E-state index is 10.6. The van der Waals surface area contributed by atoms with Crippen molar-refractivity contribution in [3.8, 4) is 5.75 Å². The van der Waals surface area contributed by atoms with Gasteiger partial charge in [-0.25, -0.2) is 0 Å². The molecule has 0 unspecified atom stereocenters. The molecule has 0 saturated heterocycles. The van der Waals surface area contributed by atoms with Gasteiger partial charge in [0.1, 0.15) is 12.0 Å². The number of hydrogen-bond acceptors (Lipinski definition) is 2. The molecule has 0 amide bonds. The summed E-state index contributed by atoms with van der Waals surface area (Å²) in [5.74, 6) is 0.783. The number of hydrogen-bond donors (Lipinski definition) is 0. The lowest BCUT2D eigenvalue weighted by molar-refractivity contribution is 0.111. The van der Waals surface area contributed by atoms with Gasteiger partial charge in [-0.15, -0.1) is 0 Å². The van der Waals surface area contributed by atoms with Crippen molar-refractivity contribution in [1.29, 1.82) is 0 Å². The monoisotopic (exact) mass is 254 g/mol. The van der Waals surface area contributed by atoms with Crippen molar-refractivity contribution >= 4 is 22.2 Å². The Hall–Kier alpha value is -0.830. The van der Waals surface area contributed by atoms with Gasteiger partial charge in [0.15, 0.2) is 0 Å². The zero-order chi connectivity index (χ0) is 9.97. The molecule has 2 nitrogen and oxygen atoms in total. The van der Waals surface area contributed by atoms with Crippen LogP contribution in [0.1, 0.15) is 29.6 Å². The fraction of sp³-hybridized carbons (Fsp3) is 0.364. The summed E-state index contributed by atoms with van der Waals surface area (Å²) in [7, 11) is 0. The summed E-state index contributed by atoms with van der Waals surface area (Å²) in [6.07, 6.45) is 4.69. The Kier molecular flexibility index (Phi) is 2.87. The molecule has 1 aliphatic rings. The van der Waals surface area contributed by atoms with Gasteiger partial charge in [0.25, 0.3) is 0 Å². The molecule has 74 valence electrons. The van der Waals surface area contributed by atoms with Gasteiger partial charge < -0.3 is 4.74 Å². The fourth-order valence-electron chi connectivity index (χ4n) is 1.40. The molecule has 0 aromatic heterocycles. The highest BCUT2D eigenvalue weighted by Crippen LogP contribution is 2.27. The SMILES string of the molecule is O=Cc1cc(Br)cc(OC2CCC2)c1. The van der Waals surface area contributed by atoms with Gasteiger partial charge in [0, 0.05) is 10.0 Å². The molecule has 0 spiro atoms. The number of aldehydes is 1. The molecule has 1 aliphatic carbocycles. The first kappa shape index (κ1) is 9.71. The van der Waals surface area contributed by atoms with Crippen LogP contribution in [0.4, 0.5) is 0 Å². The standard InChI is InChI=1S/C11H11BrO2/c12-9-4-8(7-13)5-11(6-9)14-10-2-1-3-10/h4-7,10H,1-3H2. The van der Waals surface area contributed by atoms with Crippen LogP contribution in [0.25, 0.3) is 0 Å². The zero-order valence-corrected chi connectivity index (χ0v) is 9.29. The van der Waals surface area contributed by atoms with Crippen molar-refractivity contribution in [3.05, 3.63) is 28.2 Å². The molecule has 1 aromatic carbocycles. The maximum absolute atomic E-state index is 10.6. The van der Waals surface area contributed by atoms with E-state index in [2.05, 4.69) is 15.9 Å². The molecule has 3 heteroatoms. The quantitative estimate of drug-likeness (QED) is 0.775. The second-order valence-electron chi connectivity index (χ2n) is 3.51. The topological polar surface area (TPSA) is 26.3 Å². The van der Waals surface area contributed by atoms with Gasteiger partial charge in [-0.2, -0.15) is 0 Å². The van der Waals surface area contributed by atoms with Crippen molar-refractivity contribution in [3.63, 3.8) is 0 Å².